The molecule has 126 valence electrons. The molecule has 2 aromatic rings. The highest BCUT2D eigenvalue weighted by Gasteiger charge is 2.61. The van der Waals surface area contributed by atoms with Crippen molar-refractivity contribution in [2.45, 2.75) is 44.2 Å². The smallest absolute Gasteiger partial charge is 0.261 e. The van der Waals surface area contributed by atoms with Crippen molar-refractivity contribution in [3.8, 4) is 0 Å². The van der Waals surface area contributed by atoms with Crippen LogP contribution < -0.4 is 10.6 Å². The minimum Gasteiger partial charge on any atom is -0.346 e. The van der Waals surface area contributed by atoms with Crippen molar-refractivity contribution in [3.63, 3.8) is 0 Å². The van der Waals surface area contributed by atoms with E-state index in [2.05, 4.69) is 10.6 Å². The molecule has 3 saturated carbocycles. The third-order valence-corrected chi connectivity index (χ3v) is 8.17. The number of aryl methyl sites for hydroxylation is 1. The fourth-order valence-corrected chi connectivity index (χ4v) is 6.32. The molecule has 5 heteroatoms. The number of nitrogens with one attached hydrogen (secondary N) is 2. The van der Waals surface area contributed by atoms with E-state index in [0.29, 0.717) is 12.0 Å². The summed E-state index contributed by atoms with van der Waals surface area (Å²) in [6.07, 6.45) is 5.18. The Bertz CT molecular complexity index is 833. The van der Waals surface area contributed by atoms with Crippen LogP contribution in [0.2, 0.25) is 5.02 Å². The lowest BCUT2D eigenvalue weighted by atomic mass is 9.61. The Balaban J connectivity index is 1.44. The highest BCUT2D eigenvalue weighted by molar-refractivity contribution is 7.21. The van der Waals surface area contributed by atoms with Crippen molar-refractivity contribution in [2.75, 3.05) is 6.54 Å². The zero-order valence-corrected chi connectivity index (χ0v) is 15.3. The summed E-state index contributed by atoms with van der Waals surface area (Å²) in [6, 6.07) is 6.22. The van der Waals surface area contributed by atoms with Gasteiger partial charge in [0.1, 0.15) is 0 Å². The van der Waals surface area contributed by atoms with Gasteiger partial charge in [-0.1, -0.05) is 17.7 Å². The van der Waals surface area contributed by atoms with Gasteiger partial charge in [-0.3, -0.25) is 4.79 Å². The summed E-state index contributed by atoms with van der Waals surface area (Å²) in [6.45, 7) is 3.09. The lowest BCUT2D eigenvalue weighted by Gasteiger charge is -2.48. The van der Waals surface area contributed by atoms with Crippen molar-refractivity contribution >= 4 is 38.9 Å². The SMILES string of the molecule is Cc1c(Cl)ccc2cc(C(=O)NC3C4CCC(CC4)[C@]34CN4)sc12. The summed E-state index contributed by atoms with van der Waals surface area (Å²) < 4.78 is 1.12. The summed E-state index contributed by atoms with van der Waals surface area (Å²) in [5.41, 5.74) is 1.27. The zero-order chi connectivity index (χ0) is 16.5. The van der Waals surface area contributed by atoms with Crippen LogP contribution in [0.15, 0.2) is 18.2 Å². The highest BCUT2D eigenvalue weighted by Crippen LogP contribution is 2.51. The van der Waals surface area contributed by atoms with E-state index in [-0.39, 0.29) is 11.4 Å². The Morgan fingerprint density at radius 2 is 2.08 bits per heavy atom. The van der Waals surface area contributed by atoms with Gasteiger partial charge in [0.25, 0.3) is 5.91 Å². The van der Waals surface area contributed by atoms with Crippen LogP contribution in [-0.4, -0.2) is 24.0 Å². The molecule has 1 amide bonds. The molecule has 2 atom stereocenters. The number of halogens is 1. The van der Waals surface area contributed by atoms with Crippen molar-refractivity contribution in [1.82, 2.24) is 10.6 Å². The second-order valence-corrected chi connectivity index (χ2v) is 9.12. The number of carbonyl (C=O) groups excluding carboxylic acids is 1. The van der Waals surface area contributed by atoms with E-state index >= 15 is 0 Å². The first-order chi connectivity index (χ1) is 11.6. The van der Waals surface area contributed by atoms with Crippen LogP contribution >= 0.6 is 22.9 Å². The number of thiophene rings is 1. The summed E-state index contributed by atoms with van der Waals surface area (Å²) in [5.74, 6) is 1.47. The van der Waals surface area contributed by atoms with Crippen LogP contribution in [0.3, 0.4) is 0 Å². The van der Waals surface area contributed by atoms with Gasteiger partial charge >= 0.3 is 0 Å². The number of fused-ring (bicyclic) bond motifs is 3. The summed E-state index contributed by atoms with van der Waals surface area (Å²) in [7, 11) is 0. The molecule has 0 radical (unpaired) electrons. The number of carbonyl (C=O) groups is 1. The molecule has 3 nitrogen and oxygen atoms in total. The van der Waals surface area contributed by atoms with E-state index in [1.165, 1.54) is 25.7 Å². The maximum Gasteiger partial charge on any atom is 0.261 e. The fraction of sp³-hybridized carbons (Fsp3) is 0.526. The monoisotopic (exact) mass is 360 g/mol. The Hall–Kier alpha value is -1.10. The largest absolute Gasteiger partial charge is 0.346 e. The van der Waals surface area contributed by atoms with Gasteiger partial charge in [-0.05, 0) is 67.5 Å². The van der Waals surface area contributed by atoms with E-state index in [1.54, 1.807) is 11.3 Å². The molecule has 1 aromatic heterocycles. The fourth-order valence-electron chi connectivity index (χ4n) is 5.04. The van der Waals surface area contributed by atoms with Crippen LogP contribution in [0.25, 0.3) is 10.1 Å². The minimum absolute atomic E-state index is 0.0809. The molecule has 24 heavy (non-hydrogen) atoms. The zero-order valence-electron chi connectivity index (χ0n) is 13.7. The molecule has 2 N–H and O–H groups in total. The van der Waals surface area contributed by atoms with E-state index in [9.17, 15) is 4.79 Å². The molecule has 2 bridgehead atoms. The van der Waals surface area contributed by atoms with E-state index < -0.39 is 0 Å². The lowest BCUT2D eigenvalue weighted by Crippen LogP contribution is -2.60. The van der Waals surface area contributed by atoms with Crippen molar-refractivity contribution in [1.29, 1.82) is 0 Å². The predicted octanol–water partition coefficient (Wildman–Crippen LogP) is 4.12. The van der Waals surface area contributed by atoms with Gasteiger partial charge in [0.15, 0.2) is 0 Å². The topological polar surface area (TPSA) is 51.0 Å². The molecule has 1 spiro atoms. The van der Waals surface area contributed by atoms with Crippen LogP contribution in [0.4, 0.5) is 0 Å². The van der Waals surface area contributed by atoms with Crippen LogP contribution in [-0.2, 0) is 0 Å². The maximum atomic E-state index is 12.9. The molecule has 6 rings (SSSR count). The van der Waals surface area contributed by atoms with Crippen molar-refractivity contribution in [3.05, 3.63) is 33.7 Å². The van der Waals surface area contributed by atoms with E-state index in [4.69, 9.17) is 11.6 Å². The molecule has 2 heterocycles. The van der Waals surface area contributed by atoms with E-state index in [0.717, 1.165) is 38.0 Å². The number of amides is 1. The summed E-state index contributed by atoms with van der Waals surface area (Å²) >= 11 is 7.78. The van der Waals surface area contributed by atoms with Crippen LogP contribution in [0.1, 0.15) is 40.9 Å². The Labute approximate surface area is 150 Å². The van der Waals surface area contributed by atoms with Crippen LogP contribution in [0.5, 0.6) is 0 Å². The van der Waals surface area contributed by atoms with Gasteiger partial charge in [0.05, 0.1) is 16.5 Å². The van der Waals surface area contributed by atoms with Crippen molar-refractivity contribution < 1.29 is 4.79 Å². The number of rotatable bonds is 2. The highest BCUT2D eigenvalue weighted by atomic mass is 35.5. The normalized spacial score (nSPS) is 34.0. The minimum atomic E-state index is 0.0809. The Morgan fingerprint density at radius 1 is 1.33 bits per heavy atom. The van der Waals surface area contributed by atoms with E-state index in [1.807, 2.05) is 25.1 Å². The molecular weight excluding hydrogens is 340 g/mol. The Morgan fingerprint density at radius 3 is 2.79 bits per heavy atom. The summed E-state index contributed by atoms with van der Waals surface area (Å²) in [4.78, 5) is 13.7. The first-order valence-electron chi connectivity index (χ1n) is 8.83. The second kappa shape index (κ2) is 5.20. The average Bonchev–Trinajstić information content (AvgIpc) is 3.24. The Kier molecular flexibility index (Phi) is 3.29. The first-order valence-corrected chi connectivity index (χ1v) is 10.0. The standard InChI is InChI=1S/C19H21ClN2OS/c1-10-14(20)7-4-12-8-15(24-16(10)12)18(23)22-17-11-2-5-13(6-3-11)19(17)9-21-19/h4,7-8,11,13,17,21H,2-3,5-6,9H2,1H3,(H,22,23)/t11?,13?,17?,19-/m1/s1. The molecule has 3 aliphatic carbocycles. The third kappa shape index (κ3) is 2.09. The van der Waals surface area contributed by atoms with Gasteiger partial charge in [-0.25, -0.2) is 0 Å². The summed E-state index contributed by atoms with van der Waals surface area (Å²) in [5, 5.41) is 8.87. The number of hydrogen-bond donors (Lipinski definition) is 2. The molecular formula is C19H21ClN2OS. The molecule has 1 unspecified atom stereocenters. The molecule has 4 aliphatic rings. The average molecular weight is 361 g/mol. The molecule has 4 fully saturated rings. The first kappa shape index (κ1) is 15.2. The van der Waals surface area contributed by atoms with Gasteiger partial charge in [0, 0.05) is 16.3 Å². The lowest BCUT2D eigenvalue weighted by molar-refractivity contribution is 0.0637. The number of hydrogen-bond acceptors (Lipinski definition) is 3. The maximum absolute atomic E-state index is 12.9. The van der Waals surface area contributed by atoms with Gasteiger partial charge < -0.3 is 10.6 Å². The van der Waals surface area contributed by atoms with Gasteiger partial charge in [-0.2, -0.15) is 0 Å². The molecule has 1 aliphatic heterocycles. The van der Waals surface area contributed by atoms with Gasteiger partial charge in [-0.15, -0.1) is 11.3 Å². The predicted molar refractivity (Wildman–Crippen MR) is 99.0 cm³/mol. The van der Waals surface area contributed by atoms with Crippen LogP contribution in [0, 0.1) is 18.8 Å². The quantitative estimate of drug-likeness (QED) is 0.791. The molecule has 1 aromatic carbocycles. The second-order valence-electron chi connectivity index (χ2n) is 7.66. The number of benzene rings is 1. The third-order valence-electron chi connectivity index (χ3n) is 6.49. The van der Waals surface area contributed by atoms with Gasteiger partial charge in [0.2, 0.25) is 0 Å². The molecule has 1 saturated heterocycles. The van der Waals surface area contributed by atoms with Crippen molar-refractivity contribution in [2.24, 2.45) is 11.8 Å².